The Morgan fingerprint density at radius 3 is 1.80 bits per heavy atom. The minimum Gasteiger partial charge on any atom is -0.467 e. The molecule has 0 bridgehead atoms. The molecule has 0 radical (unpaired) electrons. The van der Waals surface area contributed by atoms with Crippen LogP contribution < -0.4 is 31.9 Å². The van der Waals surface area contributed by atoms with Crippen molar-refractivity contribution in [2.75, 3.05) is 32.8 Å². The smallest absolute Gasteiger partial charge is 0.407 e. The molecule has 0 spiro atoms. The number of hydrogen-bond donors (Lipinski definition) is 10. The van der Waals surface area contributed by atoms with E-state index in [2.05, 4.69) is 41.9 Å². The SMILES string of the molecule is CC(C)(C)OC(=O)NCCN(OC(=O)c1ccccc1)C(=O)N[C@@H]1C[C@H](NC(=O)OCc2ccccc2)[C@@H](O[C@H]2OC(CN=[N+]=[N-])=CC[C@H]2NC(=O)OCc2ccccc2)[C@H](O[C@@H]2O[C@H](CO)[C@@H](O[C@H]3O[C@H]4CNC(=O)O[C@H]4[C@H](O)[C@H]3NC(=O)OCc3ccccc3)[C@H]2O)[C@H]1O. The third-order valence-corrected chi connectivity index (χ3v) is 15.4. The highest BCUT2D eigenvalue weighted by Gasteiger charge is 2.57. The van der Waals surface area contributed by atoms with Crippen LogP contribution in [0.4, 0.5) is 28.8 Å². The molecule has 4 aliphatic heterocycles. The maximum Gasteiger partial charge on any atom is 0.407 e. The number of aliphatic hydroxyl groups is 4. The molecule has 4 heterocycles. The standard InChI is InChI=1S/C63H76N10O23/c1-63(2,3)95-59(81)65-26-27-73(96-53(78)38-22-14-7-15-23-38)57(79)68-41-28-42(70-61(83)86-33-36-18-10-5-11-19-36)49(91-54-40(25-24-39(88-54)29-67-72-64)69-60(82)85-32-35-16-8-4-9-17-35)52(46(41)75)93-56-48(77)51(44(31-74)90-56)92-55-45(47(76)50-43(89-55)30-66-58(80)94-50)71-62(84)87-34-37-20-12-6-13-21-37/h4-24,40-52,54-56,74-77H,25-34H2,1-3H3,(H,65,81)(H,66,80)(H,68,79)(H,69,82)(H,70,83)(H,71,84)/t40-,41-,42+,43+,44-,45-,46+,47-,48-,49-,50-,51-,52-,54-,55-,56+/m1/s1. The van der Waals surface area contributed by atoms with E-state index in [0.29, 0.717) is 21.8 Å². The predicted octanol–water partition coefficient (Wildman–Crippen LogP) is 3.68. The minimum atomic E-state index is -2.05. The van der Waals surface area contributed by atoms with Crippen LogP contribution in [-0.2, 0) is 76.8 Å². The van der Waals surface area contributed by atoms with Crippen molar-refractivity contribution < 1.29 is 111 Å². The Morgan fingerprint density at radius 2 is 1.22 bits per heavy atom. The summed E-state index contributed by atoms with van der Waals surface area (Å²) in [4.78, 5) is 103. The summed E-state index contributed by atoms with van der Waals surface area (Å²) >= 11 is 0. The number of nitrogens with one attached hydrogen (secondary N) is 6. The Kier molecular flexibility index (Phi) is 24.9. The summed E-state index contributed by atoms with van der Waals surface area (Å²) < 4.78 is 65.7. The van der Waals surface area contributed by atoms with Gasteiger partial charge in [0.15, 0.2) is 18.7 Å². The first-order valence-electron chi connectivity index (χ1n) is 30.7. The second-order valence-electron chi connectivity index (χ2n) is 23.5. The number of urea groups is 1. The zero-order valence-corrected chi connectivity index (χ0v) is 52.3. The number of ether oxygens (including phenoxy) is 11. The van der Waals surface area contributed by atoms with Gasteiger partial charge in [0, 0.05) is 11.5 Å². The Hall–Kier alpha value is -9.54. The normalized spacial score (nSPS) is 27.5. The largest absolute Gasteiger partial charge is 0.467 e. The van der Waals surface area contributed by atoms with Crippen molar-refractivity contribution in [3.05, 3.63) is 166 Å². The van der Waals surface area contributed by atoms with Crippen LogP contribution in [0, 0.1) is 0 Å². The maximum atomic E-state index is 14.8. The minimum absolute atomic E-state index is 0.0121. The number of azide groups is 1. The number of alkyl carbamates (subject to hydrolysis) is 5. The molecule has 4 aromatic rings. The van der Waals surface area contributed by atoms with Crippen molar-refractivity contribution >= 4 is 42.5 Å². The van der Waals surface area contributed by atoms with Gasteiger partial charge in [-0.1, -0.05) is 114 Å². The first kappa shape index (κ1) is 70.8. The average Bonchev–Trinajstić information content (AvgIpc) is 1.36. The summed E-state index contributed by atoms with van der Waals surface area (Å²) in [5, 5.41) is 67.8. The summed E-state index contributed by atoms with van der Waals surface area (Å²) in [5.41, 5.74) is 10.2. The van der Waals surface area contributed by atoms with Crippen LogP contribution in [-0.4, -0.2) is 204 Å². The van der Waals surface area contributed by atoms with E-state index in [1.807, 2.05) is 0 Å². The van der Waals surface area contributed by atoms with E-state index in [1.54, 1.807) is 130 Å². The van der Waals surface area contributed by atoms with E-state index < -0.39 is 166 Å². The van der Waals surface area contributed by atoms with Crippen LogP contribution in [0.2, 0.25) is 0 Å². The molecule has 7 amide bonds. The number of aliphatic hydroxyl groups excluding tert-OH is 4. The zero-order chi connectivity index (χ0) is 68.3. The van der Waals surface area contributed by atoms with E-state index in [9.17, 15) is 59.5 Å². The van der Waals surface area contributed by atoms with Gasteiger partial charge >= 0.3 is 42.5 Å². The number of fused-ring (bicyclic) bond motifs is 1. The maximum absolute atomic E-state index is 14.8. The Balaban J connectivity index is 1.05. The molecule has 33 nitrogen and oxygen atoms in total. The summed E-state index contributed by atoms with van der Waals surface area (Å²) in [7, 11) is 0. The molecule has 516 valence electrons. The van der Waals surface area contributed by atoms with E-state index in [0.717, 1.165) is 0 Å². The molecular weight excluding hydrogens is 1260 g/mol. The van der Waals surface area contributed by atoms with Gasteiger partial charge in [0.25, 0.3) is 0 Å². The fraction of sp³-hybridized carbons (Fsp3) is 0.476. The average molecular weight is 1340 g/mol. The fourth-order valence-corrected chi connectivity index (χ4v) is 10.8. The van der Waals surface area contributed by atoms with Gasteiger partial charge in [-0.2, -0.15) is 5.06 Å². The molecule has 96 heavy (non-hydrogen) atoms. The monoisotopic (exact) mass is 1340 g/mol. The number of carbonyl (C=O) groups is 7. The van der Waals surface area contributed by atoms with E-state index in [1.165, 1.54) is 18.2 Å². The fourth-order valence-electron chi connectivity index (χ4n) is 10.8. The molecule has 5 aliphatic rings. The molecule has 4 fully saturated rings. The molecule has 16 atom stereocenters. The highest BCUT2D eigenvalue weighted by atomic mass is 16.8. The molecule has 10 N–H and O–H groups in total. The molecule has 3 saturated heterocycles. The Labute approximate surface area is 549 Å². The van der Waals surface area contributed by atoms with Crippen molar-refractivity contribution in [2.45, 2.75) is 157 Å². The Bertz CT molecular complexity index is 3340. The number of hydrogen-bond acceptors (Lipinski definition) is 24. The van der Waals surface area contributed by atoms with Crippen LogP contribution in [0.3, 0.4) is 0 Å². The number of benzene rings is 4. The summed E-state index contributed by atoms with van der Waals surface area (Å²) in [6.45, 7) is 1.85. The Morgan fingerprint density at radius 1 is 0.656 bits per heavy atom. The van der Waals surface area contributed by atoms with Gasteiger partial charge in [0.1, 0.15) is 86.1 Å². The highest BCUT2D eigenvalue weighted by Crippen LogP contribution is 2.37. The van der Waals surface area contributed by atoms with Crippen molar-refractivity contribution in [1.29, 1.82) is 0 Å². The quantitative estimate of drug-likeness (QED) is 0.0166. The van der Waals surface area contributed by atoms with Crippen molar-refractivity contribution in [2.24, 2.45) is 5.11 Å². The second kappa shape index (κ2) is 33.7. The first-order valence-corrected chi connectivity index (χ1v) is 30.7. The van der Waals surface area contributed by atoms with E-state index >= 15 is 0 Å². The summed E-state index contributed by atoms with van der Waals surface area (Å²) in [6.07, 6.45) is -24.7. The van der Waals surface area contributed by atoms with Crippen LogP contribution in [0.15, 0.2) is 138 Å². The van der Waals surface area contributed by atoms with Crippen LogP contribution >= 0.6 is 0 Å². The number of amides is 7. The van der Waals surface area contributed by atoms with E-state index in [-0.39, 0.29) is 57.2 Å². The lowest BCUT2D eigenvalue weighted by Crippen LogP contribution is -2.69. The molecule has 0 unspecified atom stereocenters. The molecule has 1 saturated carbocycles. The highest BCUT2D eigenvalue weighted by molar-refractivity contribution is 5.90. The lowest BCUT2D eigenvalue weighted by atomic mass is 9.83. The lowest BCUT2D eigenvalue weighted by Gasteiger charge is -2.47. The zero-order valence-electron chi connectivity index (χ0n) is 52.3. The molecule has 9 rings (SSSR count). The third-order valence-electron chi connectivity index (χ3n) is 15.4. The van der Waals surface area contributed by atoms with Gasteiger partial charge in [0.2, 0.25) is 6.29 Å². The van der Waals surface area contributed by atoms with Crippen LogP contribution in [0.25, 0.3) is 10.4 Å². The van der Waals surface area contributed by atoms with E-state index in [4.69, 9.17) is 56.9 Å². The molecule has 33 heteroatoms. The van der Waals surface area contributed by atoms with Gasteiger partial charge in [0.05, 0.1) is 49.9 Å². The van der Waals surface area contributed by atoms with Gasteiger partial charge in [-0.05, 0) is 74.0 Å². The molecule has 4 aromatic carbocycles. The topological polar surface area (TPSA) is 435 Å². The molecule has 0 aromatic heterocycles. The number of rotatable bonds is 23. The van der Waals surface area contributed by atoms with Gasteiger partial charge in [-0.15, -0.1) is 0 Å². The first-order chi connectivity index (χ1) is 46.2. The molecular formula is C63H76N10O23. The van der Waals surface area contributed by atoms with Gasteiger partial charge in [-0.25, -0.2) is 33.6 Å². The van der Waals surface area contributed by atoms with Crippen molar-refractivity contribution in [3.63, 3.8) is 0 Å². The third kappa shape index (κ3) is 19.8. The lowest BCUT2D eigenvalue weighted by molar-refractivity contribution is -0.289. The summed E-state index contributed by atoms with van der Waals surface area (Å²) in [6, 6.07) is 26.4. The van der Waals surface area contributed by atoms with Crippen LogP contribution in [0.5, 0.6) is 0 Å². The second-order valence-corrected chi connectivity index (χ2v) is 23.5. The number of nitrogens with zero attached hydrogens (tertiary/aromatic N) is 4. The van der Waals surface area contributed by atoms with Crippen LogP contribution in [0.1, 0.15) is 60.7 Å². The van der Waals surface area contributed by atoms with Crippen molar-refractivity contribution in [3.8, 4) is 0 Å². The molecule has 1 aliphatic carbocycles. The van der Waals surface area contributed by atoms with Gasteiger partial charge < -0.3 is 109 Å². The predicted molar refractivity (Wildman–Crippen MR) is 327 cm³/mol. The van der Waals surface area contributed by atoms with Gasteiger partial charge in [-0.3, -0.25) is 0 Å². The summed E-state index contributed by atoms with van der Waals surface area (Å²) in [5.74, 6) is -0.970. The number of hydroxylamine groups is 2. The van der Waals surface area contributed by atoms with Crippen molar-refractivity contribution in [1.82, 2.24) is 37.0 Å². The number of carbonyl (C=O) groups excluding carboxylic acids is 7.